The van der Waals surface area contributed by atoms with E-state index < -0.39 is 5.60 Å². The number of amides is 2. The van der Waals surface area contributed by atoms with Gasteiger partial charge in [0.05, 0.1) is 6.54 Å². The van der Waals surface area contributed by atoms with Crippen LogP contribution in [-0.4, -0.2) is 41.5 Å². The molecule has 1 aliphatic rings. The van der Waals surface area contributed by atoms with Gasteiger partial charge >= 0.3 is 0 Å². The lowest BCUT2D eigenvalue weighted by Gasteiger charge is -2.33. The van der Waals surface area contributed by atoms with Crippen molar-refractivity contribution in [1.82, 2.24) is 10.2 Å². The largest absolute Gasteiger partial charge is 0.384 e. The van der Waals surface area contributed by atoms with E-state index in [0.29, 0.717) is 25.9 Å². The molecule has 2 amide bonds. The highest BCUT2D eigenvalue weighted by atomic mass is 16.3. The SMILES string of the molecule is CC(C)C(=O)N1CCC(C(=O)NCC(C)(O)c2ccccc2)CC1. The molecule has 1 unspecified atom stereocenters. The zero-order chi connectivity index (χ0) is 17.7. The van der Waals surface area contributed by atoms with Crippen molar-refractivity contribution in [2.75, 3.05) is 19.6 Å². The molecule has 0 aromatic heterocycles. The number of carbonyl (C=O) groups excluding carboxylic acids is 2. The maximum absolute atomic E-state index is 12.4. The van der Waals surface area contributed by atoms with E-state index >= 15 is 0 Å². The molecule has 0 aliphatic carbocycles. The predicted octanol–water partition coefficient (Wildman–Crippen LogP) is 1.90. The number of nitrogens with one attached hydrogen (secondary N) is 1. The molecule has 0 bridgehead atoms. The Hall–Kier alpha value is -1.88. The van der Waals surface area contributed by atoms with Crippen LogP contribution in [0.4, 0.5) is 0 Å². The minimum Gasteiger partial charge on any atom is -0.384 e. The molecule has 1 aromatic rings. The first kappa shape index (κ1) is 18.5. The van der Waals surface area contributed by atoms with Crippen molar-refractivity contribution < 1.29 is 14.7 Å². The average molecular weight is 332 g/mol. The third kappa shape index (κ3) is 4.57. The number of hydrogen-bond acceptors (Lipinski definition) is 3. The highest BCUT2D eigenvalue weighted by Gasteiger charge is 2.30. The van der Waals surface area contributed by atoms with Crippen LogP contribution in [0.1, 0.15) is 39.2 Å². The topological polar surface area (TPSA) is 69.6 Å². The van der Waals surface area contributed by atoms with Crippen LogP contribution < -0.4 is 5.32 Å². The monoisotopic (exact) mass is 332 g/mol. The van der Waals surface area contributed by atoms with Gasteiger partial charge < -0.3 is 15.3 Å². The van der Waals surface area contributed by atoms with Crippen molar-refractivity contribution in [3.8, 4) is 0 Å². The van der Waals surface area contributed by atoms with Gasteiger partial charge in [0.25, 0.3) is 0 Å². The lowest BCUT2D eigenvalue weighted by Crippen LogP contribution is -2.46. The van der Waals surface area contributed by atoms with Gasteiger partial charge in [-0.1, -0.05) is 44.2 Å². The van der Waals surface area contributed by atoms with E-state index in [0.717, 1.165) is 5.56 Å². The summed E-state index contributed by atoms with van der Waals surface area (Å²) in [7, 11) is 0. The Morgan fingerprint density at radius 2 is 1.83 bits per heavy atom. The Balaban J connectivity index is 1.83. The highest BCUT2D eigenvalue weighted by molar-refractivity contribution is 5.80. The van der Waals surface area contributed by atoms with Crippen LogP contribution in [0.3, 0.4) is 0 Å². The smallest absolute Gasteiger partial charge is 0.225 e. The Bertz CT molecular complexity index is 561. The van der Waals surface area contributed by atoms with Crippen molar-refractivity contribution in [2.45, 2.75) is 39.2 Å². The van der Waals surface area contributed by atoms with Crippen LogP contribution in [0.15, 0.2) is 30.3 Å². The molecule has 1 aromatic carbocycles. The van der Waals surface area contributed by atoms with Gasteiger partial charge in [-0.2, -0.15) is 0 Å². The molecule has 5 heteroatoms. The summed E-state index contributed by atoms with van der Waals surface area (Å²) < 4.78 is 0. The van der Waals surface area contributed by atoms with Crippen molar-refractivity contribution >= 4 is 11.8 Å². The van der Waals surface area contributed by atoms with E-state index in [-0.39, 0.29) is 30.2 Å². The molecule has 5 nitrogen and oxygen atoms in total. The van der Waals surface area contributed by atoms with Crippen molar-refractivity contribution in [3.63, 3.8) is 0 Å². The van der Waals surface area contributed by atoms with Gasteiger partial charge in [0.1, 0.15) is 5.60 Å². The molecule has 0 saturated carbocycles. The van der Waals surface area contributed by atoms with E-state index in [4.69, 9.17) is 0 Å². The van der Waals surface area contributed by atoms with E-state index in [1.165, 1.54) is 0 Å². The fourth-order valence-corrected chi connectivity index (χ4v) is 3.03. The lowest BCUT2D eigenvalue weighted by molar-refractivity contribution is -0.138. The summed E-state index contributed by atoms with van der Waals surface area (Å²) >= 11 is 0. The van der Waals surface area contributed by atoms with Gasteiger partial charge in [-0.25, -0.2) is 0 Å². The fraction of sp³-hybridized carbons (Fsp3) is 0.579. The molecule has 1 aliphatic heterocycles. The molecule has 0 radical (unpaired) electrons. The van der Waals surface area contributed by atoms with Crippen LogP contribution in [0.25, 0.3) is 0 Å². The van der Waals surface area contributed by atoms with Gasteiger partial charge in [0, 0.05) is 24.9 Å². The van der Waals surface area contributed by atoms with Crippen molar-refractivity contribution in [1.29, 1.82) is 0 Å². The van der Waals surface area contributed by atoms with Crippen LogP contribution >= 0.6 is 0 Å². The number of piperidine rings is 1. The Morgan fingerprint density at radius 1 is 1.25 bits per heavy atom. The summed E-state index contributed by atoms with van der Waals surface area (Å²) in [4.78, 5) is 26.2. The molecule has 132 valence electrons. The predicted molar refractivity (Wildman–Crippen MR) is 93.2 cm³/mol. The first-order chi connectivity index (χ1) is 11.3. The number of benzene rings is 1. The standard InChI is InChI=1S/C19H28N2O3/c1-14(2)18(23)21-11-9-15(10-12-21)17(22)20-13-19(3,24)16-7-5-4-6-8-16/h4-8,14-15,24H,9-13H2,1-3H3,(H,20,22). The Morgan fingerprint density at radius 3 is 2.38 bits per heavy atom. The molecule has 1 fully saturated rings. The minimum atomic E-state index is -1.09. The van der Waals surface area contributed by atoms with Crippen LogP contribution in [0.2, 0.25) is 0 Å². The van der Waals surface area contributed by atoms with Crippen LogP contribution in [0, 0.1) is 11.8 Å². The third-order valence-corrected chi connectivity index (χ3v) is 4.67. The lowest BCUT2D eigenvalue weighted by atomic mass is 9.93. The Labute approximate surface area is 144 Å². The van der Waals surface area contributed by atoms with E-state index in [2.05, 4.69) is 5.32 Å². The molecule has 2 rings (SSSR count). The number of hydrogen-bond donors (Lipinski definition) is 2. The molecule has 1 saturated heterocycles. The average Bonchev–Trinajstić information content (AvgIpc) is 2.60. The van der Waals surface area contributed by atoms with Crippen LogP contribution in [-0.2, 0) is 15.2 Å². The fourth-order valence-electron chi connectivity index (χ4n) is 3.03. The molecule has 2 N–H and O–H groups in total. The molecule has 1 atom stereocenters. The molecule has 0 spiro atoms. The zero-order valence-corrected chi connectivity index (χ0v) is 14.8. The third-order valence-electron chi connectivity index (χ3n) is 4.67. The summed E-state index contributed by atoms with van der Waals surface area (Å²) in [6, 6.07) is 9.33. The first-order valence-electron chi connectivity index (χ1n) is 8.65. The van der Waals surface area contributed by atoms with Crippen molar-refractivity contribution in [2.24, 2.45) is 11.8 Å². The van der Waals surface area contributed by atoms with Crippen LogP contribution in [0.5, 0.6) is 0 Å². The van der Waals surface area contributed by atoms with Gasteiger partial charge in [-0.3, -0.25) is 9.59 Å². The maximum atomic E-state index is 12.4. The zero-order valence-electron chi connectivity index (χ0n) is 14.8. The summed E-state index contributed by atoms with van der Waals surface area (Å²) in [6.07, 6.45) is 1.36. The first-order valence-corrected chi connectivity index (χ1v) is 8.65. The summed E-state index contributed by atoms with van der Waals surface area (Å²) in [6.45, 7) is 6.93. The van der Waals surface area contributed by atoms with E-state index in [9.17, 15) is 14.7 Å². The second-order valence-electron chi connectivity index (χ2n) is 7.11. The Kier molecular flexibility index (Phi) is 5.99. The molecular weight excluding hydrogens is 304 g/mol. The number of rotatable bonds is 5. The van der Waals surface area contributed by atoms with E-state index in [1.807, 2.05) is 49.1 Å². The van der Waals surface area contributed by atoms with Gasteiger partial charge in [0.2, 0.25) is 11.8 Å². The molecule has 24 heavy (non-hydrogen) atoms. The minimum absolute atomic E-state index is 0.00338. The second kappa shape index (κ2) is 7.79. The van der Waals surface area contributed by atoms with Gasteiger partial charge in [-0.15, -0.1) is 0 Å². The quantitative estimate of drug-likeness (QED) is 0.865. The second-order valence-corrected chi connectivity index (χ2v) is 7.11. The van der Waals surface area contributed by atoms with E-state index in [1.54, 1.807) is 6.92 Å². The molecule has 1 heterocycles. The number of likely N-dealkylation sites (tertiary alicyclic amines) is 1. The highest BCUT2D eigenvalue weighted by Crippen LogP contribution is 2.21. The number of aliphatic hydroxyl groups is 1. The summed E-state index contributed by atoms with van der Waals surface area (Å²) in [5.41, 5.74) is -0.312. The summed E-state index contributed by atoms with van der Waals surface area (Å²) in [5.74, 6) is 0.0212. The number of carbonyl (C=O) groups is 2. The normalized spacial score (nSPS) is 18.3. The van der Waals surface area contributed by atoms with Gasteiger partial charge in [-0.05, 0) is 25.3 Å². The molecular formula is C19H28N2O3. The summed E-state index contributed by atoms with van der Waals surface area (Å²) in [5, 5.41) is 13.4. The van der Waals surface area contributed by atoms with Crippen molar-refractivity contribution in [3.05, 3.63) is 35.9 Å². The van der Waals surface area contributed by atoms with Gasteiger partial charge in [0.15, 0.2) is 0 Å². The number of nitrogens with zero attached hydrogens (tertiary/aromatic N) is 1. The maximum Gasteiger partial charge on any atom is 0.225 e.